The third-order valence-electron chi connectivity index (χ3n) is 7.04. The van der Waals surface area contributed by atoms with Crippen LogP contribution in [-0.2, 0) is 20.9 Å². The molecule has 2 amide bonds. The van der Waals surface area contributed by atoms with Crippen LogP contribution in [0.15, 0.2) is 24.3 Å². The van der Waals surface area contributed by atoms with Crippen molar-refractivity contribution in [2.45, 2.75) is 83.6 Å². The summed E-state index contributed by atoms with van der Waals surface area (Å²) in [4.78, 5) is 30.4. The molecular weight excluding hydrogens is 416 g/mol. The number of ether oxygens (including phenoxy) is 1. The highest BCUT2D eigenvalue weighted by atomic mass is 16.5. The average molecular weight is 459 g/mol. The summed E-state index contributed by atoms with van der Waals surface area (Å²) in [5, 5.41) is 3.22. The van der Waals surface area contributed by atoms with E-state index in [0.717, 1.165) is 38.8 Å². The van der Waals surface area contributed by atoms with Crippen LogP contribution in [0.5, 0.6) is 0 Å². The Kier molecular flexibility index (Phi) is 9.29. The Balaban J connectivity index is 1.75. The van der Waals surface area contributed by atoms with Gasteiger partial charge in [0.2, 0.25) is 11.8 Å². The zero-order valence-corrected chi connectivity index (χ0v) is 20.8. The van der Waals surface area contributed by atoms with Gasteiger partial charge in [0.1, 0.15) is 12.6 Å². The molecule has 2 unspecified atom stereocenters. The predicted molar refractivity (Wildman–Crippen MR) is 131 cm³/mol. The van der Waals surface area contributed by atoms with Crippen molar-refractivity contribution in [1.82, 2.24) is 15.1 Å². The lowest BCUT2D eigenvalue weighted by molar-refractivity contribution is -0.141. The second kappa shape index (κ2) is 12.0. The van der Waals surface area contributed by atoms with Gasteiger partial charge in [0.25, 0.3) is 0 Å². The minimum atomic E-state index is -0.459. The van der Waals surface area contributed by atoms with Crippen LogP contribution in [0.1, 0.15) is 57.1 Å². The molecule has 33 heavy (non-hydrogen) atoms. The molecule has 3 rings (SSSR count). The number of carbonyl (C=O) groups is 2. The summed E-state index contributed by atoms with van der Waals surface area (Å²) in [6, 6.07) is 8.50. The molecular formula is C26H42N4O3. The van der Waals surface area contributed by atoms with Crippen molar-refractivity contribution in [3.8, 4) is 0 Å². The molecule has 1 aliphatic carbocycles. The SMILES string of the molecule is COCC(=O)N1CC(N(Cc2ccccc2C)CC(C)C)CC1C(=O)NC1CCC(N)CC1. The molecule has 7 nitrogen and oxygen atoms in total. The van der Waals surface area contributed by atoms with Gasteiger partial charge >= 0.3 is 0 Å². The molecule has 7 heteroatoms. The number of hydrogen-bond acceptors (Lipinski definition) is 5. The Morgan fingerprint density at radius 3 is 2.55 bits per heavy atom. The van der Waals surface area contributed by atoms with E-state index in [0.29, 0.717) is 18.9 Å². The number of hydrogen-bond donors (Lipinski definition) is 2. The van der Waals surface area contributed by atoms with Crippen LogP contribution in [0, 0.1) is 12.8 Å². The lowest BCUT2D eigenvalue weighted by Crippen LogP contribution is -2.50. The molecule has 1 saturated heterocycles. The highest BCUT2D eigenvalue weighted by Gasteiger charge is 2.42. The van der Waals surface area contributed by atoms with E-state index in [1.54, 1.807) is 4.90 Å². The Labute approximate surface area is 199 Å². The number of amides is 2. The molecule has 1 aromatic rings. The molecule has 2 atom stereocenters. The maximum Gasteiger partial charge on any atom is 0.249 e. The van der Waals surface area contributed by atoms with E-state index in [2.05, 4.69) is 55.3 Å². The van der Waals surface area contributed by atoms with Crippen molar-refractivity contribution in [3.05, 3.63) is 35.4 Å². The van der Waals surface area contributed by atoms with Crippen LogP contribution in [0.4, 0.5) is 0 Å². The number of methoxy groups -OCH3 is 1. The van der Waals surface area contributed by atoms with Crippen molar-refractivity contribution < 1.29 is 14.3 Å². The minimum Gasteiger partial charge on any atom is -0.375 e. The van der Waals surface area contributed by atoms with Gasteiger partial charge < -0.3 is 20.7 Å². The Bertz CT molecular complexity index is 791. The van der Waals surface area contributed by atoms with Crippen LogP contribution < -0.4 is 11.1 Å². The van der Waals surface area contributed by atoms with E-state index in [1.807, 2.05) is 0 Å². The quantitative estimate of drug-likeness (QED) is 0.594. The lowest BCUT2D eigenvalue weighted by atomic mass is 9.91. The Morgan fingerprint density at radius 1 is 1.21 bits per heavy atom. The fourth-order valence-corrected chi connectivity index (χ4v) is 5.19. The zero-order chi connectivity index (χ0) is 24.0. The first-order valence-electron chi connectivity index (χ1n) is 12.4. The fraction of sp³-hybridized carbons (Fsp3) is 0.692. The van der Waals surface area contributed by atoms with Crippen molar-refractivity contribution in [2.24, 2.45) is 11.7 Å². The van der Waals surface area contributed by atoms with Gasteiger partial charge in [0.05, 0.1) is 0 Å². The molecule has 0 aromatic heterocycles. The highest BCUT2D eigenvalue weighted by Crippen LogP contribution is 2.27. The van der Waals surface area contributed by atoms with Gasteiger partial charge in [-0.15, -0.1) is 0 Å². The molecule has 0 bridgehead atoms. The molecule has 1 aliphatic heterocycles. The van der Waals surface area contributed by atoms with Crippen LogP contribution in [0.2, 0.25) is 0 Å². The number of nitrogens with one attached hydrogen (secondary N) is 1. The Morgan fingerprint density at radius 2 is 1.91 bits per heavy atom. The van der Waals surface area contributed by atoms with E-state index in [9.17, 15) is 9.59 Å². The smallest absolute Gasteiger partial charge is 0.249 e. The van der Waals surface area contributed by atoms with Gasteiger partial charge in [-0.25, -0.2) is 0 Å². The largest absolute Gasteiger partial charge is 0.375 e. The first-order chi connectivity index (χ1) is 15.8. The van der Waals surface area contributed by atoms with Crippen molar-refractivity contribution >= 4 is 11.8 Å². The predicted octanol–water partition coefficient (Wildman–Crippen LogP) is 2.46. The van der Waals surface area contributed by atoms with Gasteiger partial charge in [0, 0.05) is 44.9 Å². The summed E-state index contributed by atoms with van der Waals surface area (Å²) >= 11 is 0. The van der Waals surface area contributed by atoms with Crippen LogP contribution in [0.25, 0.3) is 0 Å². The number of rotatable bonds is 9. The second-order valence-corrected chi connectivity index (χ2v) is 10.3. The number of likely N-dealkylation sites (tertiary alicyclic amines) is 1. The molecule has 1 heterocycles. The number of nitrogens with zero attached hydrogens (tertiary/aromatic N) is 2. The Hall–Kier alpha value is -1.96. The summed E-state index contributed by atoms with van der Waals surface area (Å²) in [5.41, 5.74) is 8.58. The highest BCUT2D eigenvalue weighted by molar-refractivity contribution is 5.89. The third-order valence-corrected chi connectivity index (χ3v) is 7.04. The number of nitrogens with two attached hydrogens (primary N) is 1. The van der Waals surface area contributed by atoms with Crippen LogP contribution in [-0.4, -0.2) is 72.6 Å². The van der Waals surface area contributed by atoms with Gasteiger partial charge in [0.15, 0.2) is 0 Å². The first kappa shape index (κ1) is 25.7. The standard InChI is InChI=1S/C26H42N4O3/c1-18(2)14-29(15-20-8-6-5-7-19(20)3)23-13-24(30(16-23)25(31)17-33-4)26(32)28-22-11-9-21(27)10-12-22/h5-8,18,21-24H,9-17,27H2,1-4H3,(H,28,32). The topological polar surface area (TPSA) is 87.9 Å². The van der Waals surface area contributed by atoms with Crippen molar-refractivity contribution in [3.63, 3.8) is 0 Å². The molecule has 1 saturated carbocycles. The molecule has 0 spiro atoms. The third kappa shape index (κ3) is 7.01. The summed E-state index contributed by atoms with van der Waals surface area (Å²) in [7, 11) is 1.52. The van der Waals surface area contributed by atoms with Crippen LogP contribution >= 0.6 is 0 Å². The van der Waals surface area contributed by atoms with E-state index in [1.165, 1.54) is 18.2 Å². The van der Waals surface area contributed by atoms with Crippen LogP contribution in [0.3, 0.4) is 0 Å². The van der Waals surface area contributed by atoms with E-state index in [-0.39, 0.29) is 36.5 Å². The molecule has 2 aliphatic rings. The number of carbonyl (C=O) groups excluding carboxylic acids is 2. The lowest BCUT2D eigenvalue weighted by Gasteiger charge is -2.31. The number of benzene rings is 1. The van der Waals surface area contributed by atoms with Gasteiger partial charge in [-0.2, -0.15) is 0 Å². The summed E-state index contributed by atoms with van der Waals surface area (Å²) in [5.74, 6) is 0.325. The molecule has 3 N–H and O–H groups in total. The van der Waals surface area contributed by atoms with E-state index >= 15 is 0 Å². The monoisotopic (exact) mass is 458 g/mol. The van der Waals surface area contributed by atoms with E-state index < -0.39 is 6.04 Å². The average Bonchev–Trinajstić information content (AvgIpc) is 3.22. The molecule has 184 valence electrons. The molecule has 1 aromatic carbocycles. The van der Waals surface area contributed by atoms with Crippen molar-refractivity contribution in [2.75, 3.05) is 26.8 Å². The minimum absolute atomic E-state index is 0.00322. The van der Waals surface area contributed by atoms with Gasteiger partial charge in [-0.05, 0) is 56.1 Å². The summed E-state index contributed by atoms with van der Waals surface area (Å²) < 4.78 is 5.13. The van der Waals surface area contributed by atoms with Gasteiger partial charge in [-0.3, -0.25) is 14.5 Å². The maximum absolute atomic E-state index is 13.3. The maximum atomic E-state index is 13.3. The fourth-order valence-electron chi connectivity index (χ4n) is 5.19. The van der Waals surface area contributed by atoms with E-state index in [4.69, 9.17) is 10.5 Å². The van der Waals surface area contributed by atoms with Crippen molar-refractivity contribution in [1.29, 1.82) is 0 Å². The first-order valence-corrected chi connectivity index (χ1v) is 12.4. The second-order valence-electron chi connectivity index (χ2n) is 10.3. The molecule has 2 fully saturated rings. The number of aryl methyl sites for hydroxylation is 1. The molecule has 0 radical (unpaired) electrons. The van der Waals surface area contributed by atoms with Gasteiger partial charge in [-0.1, -0.05) is 38.1 Å². The normalized spacial score (nSPS) is 25.6. The zero-order valence-electron chi connectivity index (χ0n) is 20.8. The summed E-state index contributed by atoms with van der Waals surface area (Å²) in [6.07, 6.45) is 4.32. The summed E-state index contributed by atoms with van der Waals surface area (Å²) in [6.45, 7) is 8.84.